The summed E-state index contributed by atoms with van der Waals surface area (Å²) in [7, 11) is 0. The molecule has 0 fully saturated rings. The summed E-state index contributed by atoms with van der Waals surface area (Å²) in [6.45, 7) is 2.15. The van der Waals surface area contributed by atoms with Crippen molar-refractivity contribution < 1.29 is 20.0 Å². The first-order valence-corrected chi connectivity index (χ1v) is 8.87. The fourth-order valence-electron chi connectivity index (χ4n) is 2.07. The lowest BCUT2D eigenvalue weighted by atomic mass is 10.1. The van der Waals surface area contributed by atoms with Crippen LogP contribution < -0.4 is 0 Å². The summed E-state index contributed by atoms with van der Waals surface area (Å²) >= 11 is 0. The number of carboxylic acids is 1. The van der Waals surface area contributed by atoms with Crippen LogP contribution >= 0.6 is 0 Å². The Balaban J connectivity index is 3.71. The Bertz CT molecular complexity index is 408. The molecule has 0 aliphatic carbocycles. The van der Waals surface area contributed by atoms with Crippen molar-refractivity contribution in [3.05, 3.63) is 48.6 Å². The lowest BCUT2D eigenvalue weighted by molar-refractivity contribution is -0.267. The number of rotatable bonds is 15. The van der Waals surface area contributed by atoms with Crippen molar-refractivity contribution in [1.82, 2.24) is 0 Å². The van der Waals surface area contributed by atoms with E-state index in [0.717, 1.165) is 51.4 Å². The Labute approximate surface area is 146 Å². The standard InChI is InChI=1S/C20H32O4/c1-2-3-13-16-19(24-23)17-14-11-9-7-5-4-6-8-10-12-15-18-20(21)22/h4-6,8-9,11,14,17,19,23H,2-3,7,10,12-13,15-16,18H2,1H3,(H,21,22). The molecule has 4 heteroatoms. The van der Waals surface area contributed by atoms with Crippen molar-refractivity contribution in [2.45, 2.75) is 70.8 Å². The van der Waals surface area contributed by atoms with Gasteiger partial charge >= 0.3 is 5.97 Å². The third kappa shape index (κ3) is 16.7. The fraction of sp³-hybridized carbons (Fsp3) is 0.550. The summed E-state index contributed by atoms with van der Waals surface area (Å²) in [5.41, 5.74) is 0. The van der Waals surface area contributed by atoms with Crippen molar-refractivity contribution in [3.63, 3.8) is 0 Å². The summed E-state index contributed by atoms with van der Waals surface area (Å²) in [6.07, 6.45) is 23.5. The lowest BCUT2D eigenvalue weighted by Gasteiger charge is -2.07. The fourth-order valence-corrected chi connectivity index (χ4v) is 2.07. The van der Waals surface area contributed by atoms with E-state index in [1.807, 2.05) is 36.5 Å². The van der Waals surface area contributed by atoms with Gasteiger partial charge in [-0.25, -0.2) is 4.89 Å². The molecule has 0 aromatic carbocycles. The van der Waals surface area contributed by atoms with Crippen LogP contribution in [0, 0.1) is 0 Å². The number of carboxylic acid groups (broad SMARTS) is 1. The third-order valence-corrected chi connectivity index (χ3v) is 3.47. The number of aliphatic carboxylic acids is 1. The van der Waals surface area contributed by atoms with E-state index in [0.29, 0.717) is 0 Å². The average Bonchev–Trinajstić information content (AvgIpc) is 2.57. The molecule has 4 nitrogen and oxygen atoms in total. The molecule has 0 aromatic heterocycles. The largest absolute Gasteiger partial charge is 0.481 e. The van der Waals surface area contributed by atoms with Crippen molar-refractivity contribution in [3.8, 4) is 0 Å². The minimum Gasteiger partial charge on any atom is -0.481 e. The predicted molar refractivity (Wildman–Crippen MR) is 98.9 cm³/mol. The van der Waals surface area contributed by atoms with Crippen molar-refractivity contribution >= 4 is 5.97 Å². The zero-order valence-corrected chi connectivity index (χ0v) is 14.8. The highest BCUT2D eigenvalue weighted by Gasteiger charge is 2.02. The van der Waals surface area contributed by atoms with Gasteiger partial charge in [0.25, 0.3) is 0 Å². The van der Waals surface area contributed by atoms with Gasteiger partial charge in [-0.1, -0.05) is 74.8 Å². The SMILES string of the molecule is CCCCCC(C=CC=CCC=CC=CCCCCC(=O)O)OO. The molecule has 1 unspecified atom stereocenters. The highest BCUT2D eigenvalue weighted by molar-refractivity contribution is 5.66. The number of carbonyl (C=O) groups is 1. The minimum absolute atomic E-state index is 0.221. The van der Waals surface area contributed by atoms with Gasteiger partial charge in [-0.3, -0.25) is 10.1 Å². The molecule has 0 amide bonds. The van der Waals surface area contributed by atoms with Gasteiger partial charge in [-0.15, -0.1) is 0 Å². The van der Waals surface area contributed by atoms with Gasteiger partial charge in [-0.05, 0) is 32.1 Å². The second kappa shape index (κ2) is 17.7. The van der Waals surface area contributed by atoms with Crippen LogP contribution in [-0.4, -0.2) is 22.4 Å². The molecule has 0 saturated carbocycles. The van der Waals surface area contributed by atoms with Gasteiger partial charge in [0.05, 0.1) is 0 Å². The van der Waals surface area contributed by atoms with E-state index < -0.39 is 5.97 Å². The highest BCUT2D eigenvalue weighted by atomic mass is 17.1. The number of allylic oxidation sites excluding steroid dienone is 7. The molecule has 0 aliphatic heterocycles. The topological polar surface area (TPSA) is 66.8 Å². The van der Waals surface area contributed by atoms with Crippen molar-refractivity contribution in [1.29, 1.82) is 0 Å². The molecule has 0 heterocycles. The smallest absolute Gasteiger partial charge is 0.303 e. The third-order valence-electron chi connectivity index (χ3n) is 3.47. The molecular formula is C20H32O4. The van der Waals surface area contributed by atoms with Crippen molar-refractivity contribution in [2.75, 3.05) is 0 Å². The average molecular weight is 336 g/mol. The molecule has 2 N–H and O–H groups in total. The Morgan fingerprint density at radius 1 is 1.00 bits per heavy atom. The van der Waals surface area contributed by atoms with Gasteiger partial charge < -0.3 is 5.11 Å². The molecule has 136 valence electrons. The van der Waals surface area contributed by atoms with Gasteiger partial charge in [0.2, 0.25) is 0 Å². The van der Waals surface area contributed by atoms with E-state index in [-0.39, 0.29) is 12.5 Å². The van der Waals surface area contributed by atoms with Gasteiger partial charge in [0.15, 0.2) is 0 Å². The lowest BCUT2D eigenvalue weighted by Crippen LogP contribution is -2.06. The van der Waals surface area contributed by atoms with Crippen LogP contribution in [-0.2, 0) is 9.68 Å². The Morgan fingerprint density at radius 2 is 1.71 bits per heavy atom. The Kier molecular flexibility index (Phi) is 16.5. The Hall–Kier alpha value is -1.65. The summed E-state index contributed by atoms with van der Waals surface area (Å²) in [5.74, 6) is -0.724. The van der Waals surface area contributed by atoms with Crippen LogP contribution in [0.15, 0.2) is 48.6 Å². The maximum Gasteiger partial charge on any atom is 0.303 e. The molecule has 1 atom stereocenters. The highest BCUT2D eigenvalue weighted by Crippen LogP contribution is 2.07. The number of unbranched alkanes of at least 4 members (excludes halogenated alkanes) is 4. The molecule has 0 rings (SSSR count). The van der Waals surface area contributed by atoms with E-state index in [4.69, 9.17) is 10.4 Å². The zero-order valence-electron chi connectivity index (χ0n) is 14.8. The Morgan fingerprint density at radius 3 is 2.38 bits per heavy atom. The normalized spacial score (nSPS) is 13.8. The molecular weight excluding hydrogens is 304 g/mol. The van der Waals surface area contributed by atoms with E-state index in [9.17, 15) is 4.79 Å². The minimum atomic E-state index is -0.724. The quantitative estimate of drug-likeness (QED) is 0.175. The van der Waals surface area contributed by atoms with Crippen LogP contribution in [0.1, 0.15) is 64.7 Å². The summed E-state index contributed by atoms with van der Waals surface area (Å²) in [5, 5.41) is 17.3. The second-order valence-corrected chi connectivity index (χ2v) is 5.68. The summed E-state index contributed by atoms with van der Waals surface area (Å²) < 4.78 is 0. The van der Waals surface area contributed by atoms with Gasteiger partial charge in [0, 0.05) is 6.42 Å². The summed E-state index contributed by atoms with van der Waals surface area (Å²) in [4.78, 5) is 14.8. The maximum atomic E-state index is 10.3. The van der Waals surface area contributed by atoms with Gasteiger partial charge in [0.1, 0.15) is 6.10 Å². The van der Waals surface area contributed by atoms with Crippen LogP contribution in [0.5, 0.6) is 0 Å². The molecule has 24 heavy (non-hydrogen) atoms. The first-order valence-electron chi connectivity index (χ1n) is 8.87. The van der Waals surface area contributed by atoms with E-state index in [2.05, 4.69) is 24.0 Å². The van der Waals surface area contributed by atoms with Gasteiger partial charge in [-0.2, -0.15) is 0 Å². The molecule has 0 aromatic rings. The first-order chi connectivity index (χ1) is 11.7. The van der Waals surface area contributed by atoms with E-state index in [1.165, 1.54) is 0 Å². The van der Waals surface area contributed by atoms with E-state index >= 15 is 0 Å². The molecule has 0 spiro atoms. The molecule has 0 saturated heterocycles. The molecule has 0 radical (unpaired) electrons. The monoisotopic (exact) mass is 336 g/mol. The van der Waals surface area contributed by atoms with Crippen LogP contribution in [0.2, 0.25) is 0 Å². The number of hydrogen-bond acceptors (Lipinski definition) is 3. The van der Waals surface area contributed by atoms with E-state index in [1.54, 1.807) is 0 Å². The predicted octanol–water partition coefficient (Wildman–Crippen LogP) is 5.68. The van der Waals surface area contributed by atoms with Crippen LogP contribution in [0.3, 0.4) is 0 Å². The maximum absolute atomic E-state index is 10.3. The van der Waals surface area contributed by atoms with Crippen molar-refractivity contribution in [2.24, 2.45) is 0 Å². The van der Waals surface area contributed by atoms with Crippen LogP contribution in [0.4, 0.5) is 0 Å². The number of hydrogen-bond donors (Lipinski definition) is 2. The zero-order chi connectivity index (χ0) is 17.9. The van der Waals surface area contributed by atoms with Crippen LogP contribution in [0.25, 0.3) is 0 Å². The molecule has 0 bridgehead atoms. The second-order valence-electron chi connectivity index (χ2n) is 5.68. The molecule has 0 aliphatic rings. The summed E-state index contributed by atoms with van der Waals surface area (Å²) in [6, 6.07) is 0. The first kappa shape index (κ1) is 22.4.